The molecule has 4 nitrogen and oxygen atoms in total. The summed E-state index contributed by atoms with van der Waals surface area (Å²) in [7, 11) is 4.51. The lowest BCUT2D eigenvalue weighted by Crippen LogP contribution is -2.47. The Hall–Kier alpha value is -6.20. The van der Waals surface area contributed by atoms with E-state index in [1.165, 1.54) is 71.8 Å². The zero-order valence-corrected chi connectivity index (χ0v) is 30.5. The first kappa shape index (κ1) is 32.5. The molecule has 0 saturated carbocycles. The van der Waals surface area contributed by atoms with E-state index in [1.54, 1.807) is 0 Å². The summed E-state index contributed by atoms with van der Waals surface area (Å²) >= 11 is 0. The van der Waals surface area contributed by atoms with Gasteiger partial charge in [-0.05, 0) is 85.3 Å². The minimum atomic E-state index is -0.0448. The van der Waals surface area contributed by atoms with Gasteiger partial charge in [0.15, 0.2) is 0 Å². The molecule has 4 aliphatic rings. The van der Waals surface area contributed by atoms with Crippen molar-refractivity contribution in [2.24, 2.45) is 0 Å². The van der Waals surface area contributed by atoms with Gasteiger partial charge in [-0.1, -0.05) is 170 Å². The number of benzene rings is 6. The molecule has 262 valence electrons. The molecule has 0 aromatic heterocycles. The predicted octanol–water partition coefficient (Wildman–Crippen LogP) is 10.5. The molecule has 4 heteroatoms. The average molecular weight is 699 g/mol. The second-order valence-corrected chi connectivity index (χ2v) is 14.7. The van der Waals surface area contributed by atoms with E-state index in [9.17, 15) is 0 Å². The van der Waals surface area contributed by atoms with Crippen LogP contribution in [0.5, 0.6) is 0 Å². The number of likely N-dealkylation sites (N-methyl/N-ethyl adjacent to an activating group) is 1. The molecule has 2 aliphatic heterocycles. The molecule has 2 heterocycles. The Morgan fingerprint density at radius 3 is 1.85 bits per heavy atom. The quantitative estimate of drug-likeness (QED) is 0.188. The summed E-state index contributed by atoms with van der Waals surface area (Å²) in [6, 6.07) is 49.1. The minimum absolute atomic E-state index is 0.0448. The van der Waals surface area contributed by atoms with Gasteiger partial charge >= 0.3 is 0 Å². The van der Waals surface area contributed by atoms with Gasteiger partial charge < -0.3 is 10.2 Å². The molecule has 0 radical (unpaired) electrons. The lowest BCUT2D eigenvalue weighted by molar-refractivity contribution is 0.101. The van der Waals surface area contributed by atoms with Crippen LogP contribution in [0.2, 0.25) is 0 Å². The second-order valence-electron chi connectivity index (χ2n) is 14.7. The molecule has 0 fully saturated rings. The molecular formula is C50H42N4. The summed E-state index contributed by atoms with van der Waals surface area (Å²) in [4.78, 5) is 4.98. The highest BCUT2D eigenvalue weighted by Crippen LogP contribution is 2.44. The molecule has 0 spiro atoms. The molecule has 10 rings (SSSR count). The summed E-state index contributed by atoms with van der Waals surface area (Å²) in [6.45, 7) is 0. The summed E-state index contributed by atoms with van der Waals surface area (Å²) < 4.78 is 0. The predicted molar refractivity (Wildman–Crippen MR) is 225 cm³/mol. The van der Waals surface area contributed by atoms with E-state index in [1.807, 2.05) is 0 Å². The number of hydrogen-bond acceptors (Lipinski definition) is 4. The Kier molecular flexibility index (Phi) is 8.01. The molecule has 0 bridgehead atoms. The third-order valence-corrected chi connectivity index (χ3v) is 11.6. The van der Waals surface area contributed by atoms with Crippen LogP contribution in [-0.4, -0.2) is 36.0 Å². The van der Waals surface area contributed by atoms with E-state index in [2.05, 4.69) is 217 Å². The monoisotopic (exact) mass is 698 g/mol. The van der Waals surface area contributed by atoms with Crippen molar-refractivity contribution in [3.05, 3.63) is 215 Å². The minimum Gasteiger partial charge on any atom is -0.365 e. The zero-order valence-electron chi connectivity index (χ0n) is 30.5. The maximum Gasteiger partial charge on any atom is 0.109 e. The van der Waals surface area contributed by atoms with Crippen molar-refractivity contribution in [3.63, 3.8) is 0 Å². The van der Waals surface area contributed by atoms with Gasteiger partial charge in [-0.15, -0.1) is 0 Å². The molecule has 54 heavy (non-hydrogen) atoms. The summed E-state index contributed by atoms with van der Waals surface area (Å²) in [5, 5.41) is 12.9. The Labute approximate surface area is 317 Å². The molecular weight excluding hydrogens is 657 g/mol. The number of rotatable bonds is 5. The standard InChI is InChI=1S/C50H42N4/c1-53-46-30-10-8-26-44(46)48(54(2)50(53)42-28-14-18-34-16-4-6-24-40(34)42)38-22-12-20-36(32-38)35-19-11-21-37(31-35)47-43-25-7-9-29-45(43)51-49(52-47)41-27-13-17-33-15-3-5-23-39(33)41/h3-32,45-46,49-52H,1-2H3. The zero-order chi connectivity index (χ0) is 36.2. The van der Waals surface area contributed by atoms with Gasteiger partial charge in [0.2, 0.25) is 0 Å². The van der Waals surface area contributed by atoms with Gasteiger partial charge in [0.1, 0.15) is 12.3 Å². The summed E-state index contributed by atoms with van der Waals surface area (Å²) in [5.41, 5.74) is 12.4. The van der Waals surface area contributed by atoms with Crippen molar-refractivity contribution in [3.8, 4) is 11.1 Å². The van der Waals surface area contributed by atoms with Gasteiger partial charge in [0.05, 0.1) is 17.8 Å². The van der Waals surface area contributed by atoms with Crippen molar-refractivity contribution in [2.45, 2.75) is 24.4 Å². The Balaban J connectivity index is 1.04. The average Bonchev–Trinajstić information content (AvgIpc) is 3.23. The van der Waals surface area contributed by atoms with Gasteiger partial charge in [-0.3, -0.25) is 10.2 Å². The highest BCUT2D eigenvalue weighted by molar-refractivity contribution is 5.88. The number of nitrogens with one attached hydrogen (secondary N) is 2. The van der Waals surface area contributed by atoms with Crippen LogP contribution in [0.3, 0.4) is 0 Å². The first-order valence-electron chi connectivity index (χ1n) is 18.9. The molecule has 0 amide bonds. The van der Waals surface area contributed by atoms with Crippen LogP contribution in [0.4, 0.5) is 0 Å². The topological polar surface area (TPSA) is 30.5 Å². The molecule has 6 aromatic rings. The van der Waals surface area contributed by atoms with Crippen LogP contribution < -0.4 is 10.6 Å². The molecule has 4 unspecified atom stereocenters. The van der Waals surface area contributed by atoms with E-state index < -0.39 is 0 Å². The van der Waals surface area contributed by atoms with E-state index in [-0.39, 0.29) is 24.4 Å². The Morgan fingerprint density at radius 1 is 0.519 bits per heavy atom. The van der Waals surface area contributed by atoms with Crippen molar-refractivity contribution < 1.29 is 0 Å². The highest BCUT2D eigenvalue weighted by Gasteiger charge is 2.38. The molecule has 2 N–H and O–H groups in total. The van der Waals surface area contributed by atoms with Crippen molar-refractivity contribution in [2.75, 3.05) is 14.1 Å². The van der Waals surface area contributed by atoms with Gasteiger partial charge in [0.25, 0.3) is 0 Å². The maximum atomic E-state index is 3.94. The third kappa shape index (κ3) is 5.46. The van der Waals surface area contributed by atoms with Crippen molar-refractivity contribution in [1.29, 1.82) is 0 Å². The van der Waals surface area contributed by atoms with Crippen LogP contribution in [-0.2, 0) is 0 Å². The van der Waals surface area contributed by atoms with E-state index >= 15 is 0 Å². The normalized spacial score (nSPS) is 22.1. The van der Waals surface area contributed by atoms with Gasteiger partial charge in [0, 0.05) is 12.7 Å². The summed E-state index contributed by atoms with van der Waals surface area (Å²) in [6.07, 6.45) is 17.8. The number of fused-ring (bicyclic) bond motifs is 4. The van der Waals surface area contributed by atoms with Crippen LogP contribution >= 0.6 is 0 Å². The second kappa shape index (κ2) is 13.3. The first-order chi connectivity index (χ1) is 26.6. The lowest BCUT2D eigenvalue weighted by atomic mass is 9.88. The third-order valence-electron chi connectivity index (χ3n) is 11.6. The number of hydrogen-bond donors (Lipinski definition) is 2. The van der Waals surface area contributed by atoms with Crippen LogP contribution in [0.1, 0.15) is 34.6 Å². The van der Waals surface area contributed by atoms with Crippen LogP contribution in [0.15, 0.2) is 193 Å². The molecule has 4 atom stereocenters. The Morgan fingerprint density at radius 2 is 1.09 bits per heavy atom. The Bertz CT molecular complexity index is 2630. The fraction of sp³-hybridized carbons (Fsp3) is 0.120. The van der Waals surface area contributed by atoms with E-state index in [0.717, 1.165) is 5.70 Å². The van der Waals surface area contributed by atoms with E-state index in [0.29, 0.717) is 0 Å². The molecule has 0 saturated heterocycles. The fourth-order valence-electron chi connectivity index (χ4n) is 9.13. The SMILES string of the molecule is CN1C(c2cccc(-c3cccc(C4=C5C=CC=CC5NC(c5cccc6ccccc56)N4)c3)c2)=C2C=CC=CC2N(C)C1c1cccc2ccccc12. The highest BCUT2D eigenvalue weighted by atomic mass is 15.4. The first-order valence-corrected chi connectivity index (χ1v) is 18.9. The van der Waals surface area contributed by atoms with E-state index in [4.69, 9.17) is 0 Å². The maximum absolute atomic E-state index is 3.94. The van der Waals surface area contributed by atoms with Gasteiger partial charge in [-0.2, -0.15) is 0 Å². The van der Waals surface area contributed by atoms with Crippen LogP contribution in [0.25, 0.3) is 44.1 Å². The number of allylic oxidation sites excluding steroid dienone is 4. The van der Waals surface area contributed by atoms with Crippen molar-refractivity contribution in [1.82, 2.24) is 20.4 Å². The number of nitrogens with zero attached hydrogens (tertiary/aromatic N) is 2. The lowest BCUT2D eigenvalue weighted by Gasteiger charge is -2.48. The molecule has 6 aromatic carbocycles. The summed E-state index contributed by atoms with van der Waals surface area (Å²) in [5.74, 6) is 0. The van der Waals surface area contributed by atoms with Crippen molar-refractivity contribution >= 4 is 32.9 Å². The van der Waals surface area contributed by atoms with Gasteiger partial charge in [-0.25, -0.2) is 0 Å². The fourth-order valence-corrected chi connectivity index (χ4v) is 9.13. The largest absolute Gasteiger partial charge is 0.365 e. The van der Waals surface area contributed by atoms with Crippen LogP contribution in [0, 0.1) is 0 Å². The smallest absolute Gasteiger partial charge is 0.109 e. The molecule has 2 aliphatic carbocycles.